The summed E-state index contributed by atoms with van der Waals surface area (Å²) in [5.74, 6) is 0.606. The van der Waals surface area contributed by atoms with Crippen molar-refractivity contribution in [2.45, 2.75) is 44.1 Å². The van der Waals surface area contributed by atoms with Crippen molar-refractivity contribution < 1.29 is 18.4 Å². The van der Waals surface area contributed by atoms with Gasteiger partial charge < -0.3 is 13.6 Å². The van der Waals surface area contributed by atoms with Gasteiger partial charge in [-0.05, 0) is 6.92 Å². The van der Waals surface area contributed by atoms with Crippen LogP contribution in [0.4, 0.5) is 0 Å². The van der Waals surface area contributed by atoms with Gasteiger partial charge in [-0.15, -0.1) is 15.3 Å². The molecular weight excluding hydrogens is 296 g/mol. The molecule has 114 valence electrons. The molecule has 0 fully saturated rings. The van der Waals surface area contributed by atoms with E-state index in [1.165, 1.54) is 11.8 Å². The summed E-state index contributed by atoms with van der Waals surface area (Å²) < 4.78 is 15.5. The lowest BCUT2D eigenvalue weighted by Gasteiger charge is -2.10. The average molecular weight is 312 g/mol. The van der Waals surface area contributed by atoms with Gasteiger partial charge in [0.2, 0.25) is 11.8 Å². The molecule has 21 heavy (non-hydrogen) atoms. The van der Waals surface area contributed by atoms with Crippen LogP contribution >= 0.6 is 11.8 Å². The second-order valence-corrected chi connectivity index (χ2v) is 6.06. The molecule has 0 aromatic carbocycles. The number of carbonyl (C=O) groups excluding carboxylic acids is 1. The zero-order valence-electron chi connectivity index (χ0n) is 12.2. The number of esters is 1. The standard InChI is InChI=1S/C12H16N4O4S/c1-5-18-9(17)8-14-16-11(20-8)21-6-7-13-15-10(19-7)12(2,3)4/h5-6H2,1-4H3. The van der Waals surface area contributed by atoms with Crippen LogP contribution in [-0.2, 0) is 15.9 Å². The van der Waals surface area contributed by atoms with Gasteiger partial charge in [0, 0.05) is 5.41 Å². The third kappa shape index (κ3) is 4.03. The second kappa shape index (κ2) is 6.25. The molecule has 2 aromatic rings. The highest BCUT2D eigenvalue weighted by Gasteiger charge is 2.22. The Kier molecular flexibility index (Phi) is 4.61. The van der Waals surface area contributed by atoms with E-state index in [2.05, 4.69) is 20.4 Å². The predicted molar refractivity (Wildman–Crippen MR) is 72.8 cm³/mol. The first-order valence-corrected chi connectivity index (χ1v) is 7.35. The molecule has 0 spiro atoms. The number of aromatic nitrogens is 4. The Morgan fingerprint density at radius 2 is 1.95 bits per heavy atom. The summed E-state index contributed by atoms with van der Waals surface area (Å²) in [5.41, 5.74) is -0.197. The van der Waals surface area contributed by atoms with E-state index in [1.54, 1.807) is 6.92 Å². The number of hydrogen-bond acceptors (Lipinski definition) is 9. The smallest absolute Gasteiger partial charge is 0.396 e. The minimum Gasteiger partial charge on any atom is -0.459 e. The molecule has 2 heterocycles. The Labute approximate surface area is 125 Å². The molecule has 0 N–H and O–H groups in total. The molecule has 2 rings (SSSR count). The number of carbonyl (C=O) groups is 1. The first-order chi connectivity index (χ1) is 9.90. The third-order valence-corrected chi connectivity index (χ3v) is 3.09. The summed E-state index contributed by atoms with van der Waals surface area (Å²) >= 11 is 1.21. The molecule has 0 amide bonds. The summed E-state index contributed by atoms with van der Waals surface area (Å²) in [6.07, 6.45) is 0. The number of ether oxygens (including phenoxy) is 1. The normalized spacial score (nSPS) is 11.6. The lowest BCUT2D eigenvalue weighted by atomic mass is 9.97. The van der Waals surface area contributed by atoms with Gasteiger partial charge >= 0.3 is 11.9 Å². The van der Waals surface area contributed by atoms with Crippen molar-refractivity contribution in [3.05, 3.63) is 17.7 Å². The van der Waals surface area contributed by atoms with Crippen molar-refractivity contribution in [1.29, 1.82) is 0 Å². The molecule has 0 saturated heterocycles. The minimum atomic E-state index is -0.635. The first kappa shape index (κ1) is 15.5. The van der Waals surface area contributed by atoms with E-state index in [9.17, 15) is 4.79 Å². The van der Waals surface area contributed by atoms with Crippen LogP contribution in [-0.4, -0.2) is 33.0 Å². The fraction of sp³-hybridized carbons (Fsp3) is 0.583. The van der Waals surface area contributed by atoms with Gasteiger partial charge in [0.25, 0.3) is 5.22 Å². The van der Waals surface area contributed by atoms with Gasteiger partial charge in [-0.2, -0.15) is 0 Å². The second-order valence-electron chi connectivity index (χ2n) is 5.13. The highest BCUT2D eigenvalue weighted by molar-refractivity contribution is 7.98. The summed E-state index contributed by atoms with van der Waals surface area (Å²) in [5, 5.41) is 15.5. The van der Waals surface area contributed by atoms with Crippen LogP contribution in [0.1, 0.15) is 50.2 Å². The molecule has 0 unspecified atom stereocenters. The van der Waals surface area contributed by atoms with Crippen LogP contribution in [0.2, 0.25) is 0 Å². The molecule has 8 nitrogen and oxygen atoms in total. The fourth-order valence-electron chi connectivity index (χ4n) is 1.28. The maximum absolute atomic E-state index is 11.4. The monoisotopic (exact) mass is 312 g/mol. The maximum atomic E-state index is 11.4. The number of thioether (sulfide) groups is 1. The maximum Gasteiger partial charge on any atom is 0.396 e. The van der Waals surface area contributed by atoms with Crippen molar-refractivity contribution in [1.82, 2.24) is 20.4 Å². The van der Waals surface area contributed by atoms with Gasteiger partial charge in [-0.1, -0.05) is 37.6 Å². The molecule has 2 aromatic heterocycles. The molecule has 0 aliphatic carbocycles. The van der Waals surface area contributed by atoms with Gasteiger partial charge in [-0.3, -0.25) is 0 Å². The Bertz CT molecular complexity index is 617. The SMILES string of the molecule is CCOC(=O)c1nnc(SCc2nnc(C(C)(C)C)o2)o1. The predicted octanol–water partition coefficient (Wildman–Crippen LogP) is 2.22. The third-order valence-electron chi connectivity index (χ3n) is 2.28. The van der Waals surface area contributed by atoms with Gasteiger partial charge in [0.15, 0.2) is 0 Å². The highest BCUT2D eigenvalue weighted by atomic mass is 32.2. The summed E-state index contributed by atoms with van der Waals surface area (Å²) in [7, 11) is 0. The number of nitrogens with zero attached hydrogens (tertiary/aromatic N) is 4. The van der Waals surface area contributed by atoms with E-state index < -0.39 is 5.97 Å². The summed E-state index contributed by atoms with van der Waals surface area (Å²) in [6, 6.07) is 0. The zero-order valence-corrected chi connectivity index (χ0v) is 13.1. The molecule has 9 heteroatoms. The zero-order chi connectivity index (χ0) is 15.5. The Morgan fingerprint density at radius 3 is 2.57 bits per heavy atom. The lowest BCUT2D eigenvalue weighted by Crippen LogP contribution is -2.11. The average Bonchev–Trinajstić information content (AvgIpc) is 3.05. The van der Waals surface area contributed by atoms with Crippen LogP contribution < -0.4 is 0 Å². The topological polar surface area (TPSA) is 104 Å². The van der Waals surface area contributed by atoms with Crippen LogP contribution in [0.3, 0.4) is 0 Å². The molecule has 0 bridgehead atoms. The number of hydrogen-bond donors (Lipinski definition) is 0. The van der Waals surface area contributed by atoms with Crippen molar-refractivity contribution >= 4 is 17.7 Å². The van der Waals surface area contributed by atoms with Crippen molar-refractivity contribution in [3.63, 3.8) is 0 Å². The molecule has 0 radical (unpaired) electrons. The fourth-order valence-corrected chi connectivity index (χ4v) is 1.88. The Balaban J connectivity index is 1.94. The van der Waals surface area contributed by atoms with E-state index in [-0.39, 0.29) is 23.1 Å². The van der Waals surface area contributed by atoms with Gasteiger partial charge in [0.1, 0.15) is 0 Å². The minimum absolute atomic E-state index is 0.166. The highest BCUT2D eigenvalue weighted by Crippen LogP contribution is 2.24. The molecule has 0 atom stereocenters. The Morgan fingerprint density at radius 1 is 1.19 bits per heavy atom. The van der Waals surface area contributed by atoms with E-state index >= 15 is 0 Å². The van der Waals surface area contributed by atoms with E-state index in [1.807, 2.05) is 20.8 Å². The van der Waals surface area contributed by atoms with Gasteiger partial charge in [-0.25, -0.2) is 4.79 Å². The van der Waals surface area contributed by atoms with E-state index in [0.717, 1.165) is 0 Å². The van der Waals surface area contributed by atoms with Crippen LogP contribution in [0, 0.1) is 0 Å². The Hall–Kier alpha value is -1.90. The van der Waals surface area contributed by atoms with Crippen molar-refractivity contribution in [3.8, 4) is 0 Å². The lowest BCUT2D eigenvalue weighted by molar-refractivity contribution is 0.0475. The van der Waals surface area contributed by atoms with Crippen LogP contribution in [0.25, 0.3) is 0 Å². The molecule has 0 saturated carbocycles. The molecule has 0 aliphatic rings. The van der Waals surface area contributed by atoms with E-state index in [0.29, 0.717) is 17.5 Å². The largest absolute Gasteiger partial charge is 0.459 e. The van der Waals surface area contributed by atoms with Crippen molar-refractivity contribution in [2.75, 3.05) is 6.61 Å². The number of rotatable bonds is 5. The summed E-state index contributed by atoms with van der Waals surface area (Å²) in [6.45, 7) is 7.91. The van der Waals surface area contributed by atoms with E-state index in [4.69, 9.17) is 13.6 Å². The quantitative estimate of drug-likeness (QED) is 0.607. The molecular formula is C12H16N4O4S. The summed E-state index contributed by atoms with van der Waals surface area (Å²) in [4.78, 5) is 11.4. The molecule has 0 aliphatic heterocycles. The van der Waals surface area contributed by atoms with Gasteiger partial charge in [0.05, 0.1) is 12.4 Å². The van der Waals surface area contributed by atoms with Crippen molar-refractivity contribution in [2.24, 2.45) is 0 Å². The van der Waals surface area contributed by atoms with Crippen LogP contribution in [0.15, 0.2) is 14.1 Å². The first-order valence-electron chi connectivity index (χ1n) is 6.36. The van der Waals surface area contributed by atoms with Crippen LogP contribution in [0.5, 0.6) is 0 Å².